The first-order valence-corrected chi connectivity index (χ1v) is 10.9. The van der Waals surface area contributed by atoms with Gasteiger partial charge in [0.1, 0.15) is 5.75 Å². The predicted octanol–water partition coefficient (Wildman–Crippen LogP) is 4.38. The summed E-state index contributed by atoms with van der Waals surface area (Å²) in [6.07, 6.45) is 0. The first-order chi connectivity index (χ1) is 16.0. The molecule has 3 aromatic carbocycles. The molecule has 0 aliphatic carbocycles. The molecule has 1 aliphatic rings. The van der Waals surface area contributed by atoms with Crippen LogP contribution in [0.1, 0.15) is 28.9 Å². The van der Waals surface area contributed by atoms with Gasteiger partial charge in [0, 0.05) is 22.5 Å². The molecule has 1 amide bonds. The number of ketones is 1. The number of para-hydroxylation sites is 1. The Balaban J connectivity index is 1.47. The van der Waals surface area contributed by atoms with Crippen molar-refractivity contribution >= 4 is 34.7 Å². The van der Waals surface area contributed by atoms with E-state index in [1.165, 1.54) is 0 Å². The molecule has 3 N–H and O–H groups in total. The van der Waals surface area contributed by atoms with Gasteiger partial charge in [-0.25, -0.2) is 0 Å². The Labute approximate surface area is 197 Å². The summed E-state index contributed by atoms with van der Waals surface area (Å²) in [5.74, 6) is 0.235. The third-order valence-electron chi connectivity index (χ3n) is 5.19. The number of allylic oxidation sites excluding steroid dienone is 1. The lowest BCUT2D eigenvalue weighted by molar-refractivity contribution is -0.118. The van der Waals surface area contributed by atoms with Crippen molar-refractivity contribution < 1.29 is 14.3 Å². The SMILES string of the molecule is CC1=C(C(=O)c2ccccc2)C(c2ccc(OCC(=O)Nc3ccccc3)cc2)NC(=S)N1. The van der Waals surface area contributed by atoms with Gasteiger partial charge in [0.05, 0.1) is 6.04 Å². The Kier molecular flexibility index (Phi) is 6.80. The number of hydrogen-bond donors (Lipinski definition) is 3. The Bertz CT molecular complexity index is 1190. The Morgan fingerprint density at radius 3 is 2.24 bits per heavy atom. The lowest BCUT2D eigenvalue weighted by Crippen LogP contribution is -2.44. The van der Waals surface area contributed by atoms with Gasteiger partial charge in [0.25, 0.3) is 5.91 Å². The number of carbonyl (C=O) groups is 2. The largest absolute Gasteiger partial charge is 0.484 e. The molecule has 33 heavy (non-hydrogen) atoms. The zero-order valence-electron chi connectivity index (χ0n) is 18.0. The first-order valence-electron chi connectivity index (χ1n) is 10.5. The van der Waals surface area contributed by atoms with Gasteiger partial charge in [-0.05, 0) is 49.0 Å². The maximum Gasteiger partial charge on any atom is 0.262 e. The van der Waals surface area contributed by atoms with Gasteiger partial charge in [-0.3, -0.25) is 9.59 Å². The van der Waals surface area contributed by atoms with Crippen LogP contribution in [-0.2, 0) is 4.79 Å². The van der Waals surface area contributed by atoms with E-state index in [4.69, 9.17) is 17.0 Å². The van der Waals surface area contributed by atoms with Crippen LogP contribution >= 0.6 is 12.2 Å². The molecular formula is C26H23N3O3S. The Morgan fingerprint density at radius 2 is 1.58 bits per heavy atom. The van der Waals surface area contributed by atoms with Gasteiger partial charge in [-0.15, -0.1) is 0 Å². The average Bonchev–Trinajstić information content (AvgIpc) is 2.83. The Hall–Kier alpha value is -3.97. The van der Waals surface area contributed by atoms with Crippen molar-refractivity contribution in [3.63, 3.8) is 0 Å². The highest BCUT2D eigenvalue weighted by Crippen LogP contribution is 2.30. The molecule has 3 aromatic rings. The van der Waals surface area contributed by atoms with Crippen LogP contribution < -0.4 is 20.7 Å². The van der Waals surface area contributed by atoms with Crippen LogP contribution in [0, 0.1) is 0 Å². The second-order valence-electron chi connectivity index (χ2n) is 7.54. The second kappa shape index (κ2) is 10.1. The summed E-state index contributed by atoms with van der Waals surface area (Å²) < 4.78 is 5.62. The minimum atomic E-state index is -0.401. The van der Waals surface area contributed by atoms with E-state index in [0.717, 1.165) is 11.3 Å². The number of anilines is 1. The molecule has 0 saturated carbocycles. The smallest absolute Gasteiger partial charge is 0.262 e. The molecule has 4 rings (SSSR count). The molecule has 0 saturated heterocycles. The maximum absolute atomic E-state index is 13.2. The van der Waals surface area contributed by atoms with Crippen LogP contribution in [-0.4, -0.2) is 23.4 Å². The summed E-state index contributed by atoms with van der Waals surface area (Å²) in [6.45, 7) is 1.74. The van der Waals surface area contributed by atoms with E-state index in [1.54, 1.807) is 24.3 Å². The van der Waals surface area contributed by atoms with Crippen molar-refractivity contribution in [1.29, 1.82) is 0 Å². The number of ether oxygens (including phenoxy) is 1. The van der Waals surface area contributed by atoms with E-state index in [2.05, 4.69) is 16.0 Å². The van der Waals surface area contributed by atoms with Crippen LogP contribution in [0.3, 0.4) is 0 Å². The minimum Gasteiger partial charge on any atom is -0.484 e. The molecule has 7 heteroatoms. The molecule has 6 nitrogen and oxygen atoms in total. The fraction of sp³-hybridized carbons (Fsp3) is 0.115. The van der Waals surface area contributed by atoms with E-state index in [9.17, 15) is 9.59 Å². The zero-order valence-corrected chi connectivity index (χ0v) is 18.8. The van der Waals surface area contributed by atoms with E-state index in [1.807, 2.05) is 67.6 Å². The standard InChI is InChI=1S/C26H23N3O3S/c1-17-23(25(31)19-8-4-2-5-9-19)24(29-26(33)27-17)18-12-14-21(15-13-18)32-16-22(30)28-20-10-6-3-7-11-20/h2-15,24H,16H2,1H3,(H,28,30)(H2,27,29,33). The number of amides is 1. The highest BCUT2D eigenvalue weighted by atomic mass is 32.1. The quantitative estimate of drug-likeness (QED) is 0.361. The number of carbonyl (C=O) groups excluding carboxylic acids is 2. The third kappa shape index (κ3) is 5.45. The number of hydrogen-bond acceptors (Lipinski definition) is 4. The average molecular weight is 458 g/mol. The van der Waals surface area contributed by atoms with Crippen molar-refractivity contribution in [2.75, 3.05) is 11.9 Å². The van der Waals surface area contributed by atoms with E-state index in [0.29, 0.717) is 27.7 Å². The van der Waals surface area contributed by atoms with Crippen molar-refractivity contribution in [2.24, 2.45) is 0 Å². The van der Waals surface area contributed by atoms with E-state index >= 15 is 0 Å². The maximum atomic E-state index is 13.2. The van der Waals surface area contributed by atoms with Gasteiger partial charge < -0.3 is 20.7 Å². The predicted molar refractivity (Wildman–Crippen MR) is 132 cm³/mol. The van der Waals surface area contributed by atoms with Gasteiger partial charge in [0.2, 0.25) is 0 Å². The van der Waals surface area contributed by atoms with E-state index in [-0.39, 0.29) is 18.3 Å². The molecule has 0 spiro atoms. The summed E-state index contributed by atoms with van der Waals surface area (Å²) in [7, 11) is 0. The number of nitrogens with one attached hydrogen (secondary N) is 3. The van der Waals surface area contributed by atoms with Crippen LogP contribution in [0.2, 0.25) is 0 Å². The number of thiocarbonyl (C=S) groups is 1. The lowest BCUT2D eigenvalue weighted by Gasteiger charge is -2.30. The van der Waals surface area contributed by atoms with Crippen LogP contribution in [0.4, 0.5) is 5.69 Å². The molecule has 0 fully saturated rings. The normalized spacial score (nSPS) is 15.3. The fourth-order valence-corrected chi connectivity index (χ4v) is 3.88. The number of rotatable bonds is 7. The molecule has 0 bridgehead atoms. The summed E-state index contributed by atoms with van der Waals surface area (Å²) in [4.78, 5) is 25.4. The fourth-order valence-electron chi connectivity index (χ4n) is 3.61. The summed E-state index contributed by atoms with van der Waals surface area (Å²) in [5, 5.41) is 9.49. The molecule has 1 aliphatic heterocycles. The molecule has 1 atom stereocenters. The molecule has 166 valence electrons. The monoisotopic (exact) mass is 457 g/mol. The molecular weight excluding hydrogens is 434 g/mol. The van der Waals surface area contributed by atoms with Gasteiger partial charge in [-0.2, -0.15) is 0 Å². The molecule has 1 unspecified atom stereocenters. The van der Waals surface area contributed by atoms with Crippen molar-refractivity contribution in [1.82, 2.24) is 10.6 Å². The van der Waals surface area contributed by atoms with Crippen LogP contribution in [0.5, 0.6) is 5.75 Å². The highest BCUT2D eigenvalue weighted by molar-refractivity contribution is 7.80. The van der Waals surface area contributed by atoms with E-state index < -0.39 is 6.04 Å². The zero-order chi connectivity index (χ0) is 23.2. The minimum absolute atomic E-state index is 0.0708. The van der Waals surface area contributed by atoms with Gasteiger partial charge in [0.15, 0.2) is 17.5 Å². The molecule has 0 radical (unpaired) electrons. The Morgan fingerprint density at radius 1 is 0.939 bits per heavy atom. The summed E-state index contributed by atoms with van der Waals surface area (Å²) in [5.41, 5.74) is 3.50. The first kappa shape index (κ1) is 22.2. The number of Topliss-reactive ketones (excluding diaryl/α,β-unsaturated/α-hetero) is 1. The molecule has 1 heterocycles. The van der Waals surface area contributed by atoms with Crippen LogP contribution in [0.25, 0.3) is 0 Å². The van der Waals surface area contributed by atoms with Crippen molar-refractivity contribution in [3.8, 4) is 5.75 Å². The third-order valence-corrected chi connectivity index (χ3v) is 5.41. The lowest BCUT2D eigenvalue weighted by atomic mass is 9.90. The summed E-state index contributed by atoms with van der Waals surface area (Å²) >= 11 is 5.33. The topological polar surface area (TPSA) is 79.5 Å². The van der Waals surface area contributed by atoms with Crippen molar-refractivity contribution in [3.05, 3.63) is 107 Å². The molecule has 0 aromatic heterocycles. The van der Waals surface area contributed by atoms with Crippen molar-refractivity contribution in [2.45, 2.75) is 13.0 Å². The highest BCUT2D eigenvalue weighted by Gasteiger charge is 2.30. The number of benzene rings is 3. The van der Waals surface area contributed by atoms with Gasteiger partial charge in [-0.1, -0.05) is 60.7 Å². The van der Waals surface area contributed by atoms with Gasteiger partial charge >= 0.3 is 0 Å². The second-order valence-corrected chi connectivity index (χ2v) is 7.95. The summed E-state index contributed by atoms with van der Waals surface area (Å²) in [6, 6.07) is 25.2. The van der Waals surface area contributed by atoms with Crippen LogP contribution in [0.15, 0.2) is 96.2 Å².